The van der Waals surface area contributed by atoms with Crippen molar-refractivity contribution in [1.82, 2.24) is 9.38 Å². The Balaban J connectivity index is 1.93. The summed E-state index contributed by atoms with van der Waals surface area (Å²) in [5, 5.41) is 1.12. The van der Waals surface area contributed by atoms with Gasteiger partial charge in [0.05, 0.1) is 18.3 Å². The minimum atomic E-state index is 0.450. The van der Waals surface area contributed by atoms with Crippen molar-refractivity contribution in [1.29, 1.82) is 0 Å². The maximum atomic E-state index is 5.63. The first-order chi connectivity index (χ1) is 9.85. The van der Waals surface area contributed by atoms with Crippen molar-refractivity contribution in [2.45, 2.75) is 6.54 Å². The summed E-state index contributed by atoms with van der Waals surface area (Å²) in [7, 11) is 0. The quantitative estimate of drug-likeness (QED) is 0.604. The molecule has 0 spiro atoms. The number of aromatic nitrogens is 2. The topological polar surface area (TPSA) is 56.5 Å². The van der Waals surface area contributed by atoms with Crippen molar-refractivity contribution in [3.8, 4) is 11.1 Å². The Kier molecular flexibility index (Phi) is 2.37. The van der Waals surface area contributed by atoms with Gasteiger partial charge >= 0.3 is 0 Å². The van der Waals surface area contributed by atoms with Gasteiger partial charge in [0.15, 0.2) is 0 Å². The number of benzene rings is 1. The monoisotopic (exact) mass is 263 g/mol. The second-order valence-corrected chi connectivity index (χ2v) is 4.79. The summed E-state index contributed by atoms with van der Waals surface area (Å²) in [6.45, 7) is 0.450. The van der Waals surface area contributed by atoms with Gasteiger partial charge in [0.1, 0.15) is 5.58 Å². The van der Waals surface area contributed by atoms with Gasteiger partial charge in [-0.25, -0.2) is 4.98 Å². The van der Waals surface area contributed by atoms with Crippen LogP contribution in [0.2, 0.25) is 0 Å². The molecule has 0 saturated carbocycles. The number of furan rings is 1. The molecule has 20 heavy (non-hydrogen) atoms. The fourth-order valence-corrected chi connectivity index (χ4v) is 2.52. The predicted octanol–water partition coefficient (Wildman–Crippen LogP) is 3.21. The lowest BCUT2D eigenvalue weighted by Crippen LogP contribution is -2.00. The third-order valence-electron chi connectivity index (χ3n) is 3.54. The molecule has 2 N–H and O–H groups in total. The van der Waals surface area contributed by atoms with Gasteiger partial charge in [-0.1, -0.05) is 18.2 Å². The third kappa shape index (κ3) is 1.62. The smallest absolute Gasteiger partial charge is 0.134 e. The molecule has 0 aliphatic carbocycles. The van der Waals surface area contributed by atoms with Crippen LogP contribution in [-0.4, -0.2) is 9.38 Å². The fourth-order valence-electron chi connectivity index (χ4n) is 2.52. The van der Waals surface area contributed by atoms with Crippen LogP contribution in [0.15, 0.2) is 59.6 Å². The number of nitrogens with zero attached hydrogens (tertiary/aromatic N) is 2. The predicted molar refractivity (Wildman–Crippen MR) is 78.3 cm³/mol. The Morgan fingerprint density at radius 3 is 3.00 bits per heavy atom. The lowest BCUT2D eigenvalue weighted by Gasteiger charge is -1.96. The normalized spacial score (nSPS) is 11.4. The van der Waals surface area contributed by atoms with E-state index < -0.39 is 0 Å². The molecule has 0 fully saturated rings. The average molecular weight is 263 g/mol. The van der Waals surface area contributed by atoms with Crippen molar-refractivity contribution in [2.75, 3.05) is 0 Å². The molecule has 0 bridgehead atoms. The van der Waals surface area contributed by atoms with Crippen molar-refractivity contribution in [3.63, 3.8) is 0 Å². The van der Waals surface area contributed by atoms with Crippen molar-refractivity contribution < 1.29 is 4.42 Å². The highest BCUT2D eigenvalue weighted by Gasteiger charge is 2.10. The summed E-state index contributed by atoms with van der Waals surface area (Å²) >= 11 is 0. The van der Waals surface area contributed by atoms with Crippen LogP contribution in [0.25, 0.3) is 27.6 Å². The lowest BCUT2D eigenvalue weighted by atomic mass is 10.1. The molecule has 3 heterocycles. The van der Waals surface area contributed by atoms with Gasteiger partial charge < -0.3 is 14.6 Å². The molecule has 0 aliphatic rings. The third-order valence-corrected chi connectivity index (χ3v) is 3.54. The Morgan fingerprint density at radius 1 is 1.20 bits per heavy atom. The van der Waals surface area contributed by atoms with Crippen molar-refractivity contribution in [2.24, 2.45) is 5.73 Å². The molecule has 0 unspecified atom stereocenters. The zero-order valence-corrected chi connectivity index (χ0v) is 10.8. The lowest BCUT2D eigenvalue weighted by molar-refractivity contribution is 0.617. The van der Waals surface area contributed by atoms with E-state index in [-0.39, 0.29) is 0 Å². The van der Waals surface area contributed by atoms with E-state index in [2.05, 4.69) is 23.3 Å². The van der Waals surface area contributed by atoms with Crippen LogP contribution in [0, 0.1) is 0 Å². The Hall–Kier alpha value is -2.59. The number of nitrogens with two attached hydrogens (primary N) is 1. The van der Waals surface area contributed by atoms with E-state index in [4.69, 9.17) is 10.2 Å². The molecule has 0 radical (unpaired) electrons. The number of hydrogen-bond donors (Lipinski definition) is 1. The van der Waals surface area contributed by atoms with Crippen LogP contribution in [-0.2, 0) is 6.54 Å². The van der Waals surface area contributed by atoms with Gasteiger partial charge in [-0.15, -0.1) is 0 Å². The van der Waals surface area contributed by atoms with E-state index in [1.165, 1.54) is 0 Å². The zero-order chi connectivity index (χ0) is 13.5. The van der Waals surface area contributed by atoms with Crippen LogP contribution < -0.4 is 5.73 Å². The van der Waals surface area contributed by atoms with E-state index in [0.717, 1.165) is 33.3 Å². The van der Waals surface area contributed by atoms with Gasteiger partial charge in [-0.05, 0) is 18.2 Å². The highest BCUT2D eigenvalue weighted by atomic mass is 16.3. The molecule has 4 aromatic rings. The minimum Gasteiger partial charge on any atom is -0.464 e. The first-order valence-electron chi connectivity index (χ1n) is 6.48. The maximum Gasteiger partial charge on any atom is 0.134 e. The van der Waals surface area contributed by atoms with Crippen molar-refractivity contribution in [3.05, 3.63) is 60.9 Å². The Bertz CT molecular complexity index is 904. The van der Waals surface area contributed by atoms with Crippen LogP contribution >= 0.6 is 0 Å². The summed E-state index contributed by atoms with van der Waals surface area (Å²) in [4.78, 5) is 4.30. The maximum absolute atomic E-state index is 5.63. The van der Waals surface area contributed by atoms with E-state index >= 15 is 0 Å². The molecular formula is C16H13N3O. The van der Waals surface area contributed by atoms with Gasteiger partial charge in [-0.2, -0.15) is 0 Å². The fraction of sp³-hybridized carbons (Fsp3) is 0.0625. The second kappa shape index (κ2) is 4.21. The van der Waals surface area contributed by atoms with Crippen LogP contribution in [0.1, 0.15) is 5.69 Å². The van der Waals surface area contributed by atoms with Crippen LogP contribution in [0.4, 0.5) is 0 Å². The summed E-state index contributed by atoms with van der Waals surface area (Å²) < 4.78 is 7.60. The molecule has 4 rings (SSSR count). The van der Waals surface area contributed by atoms with Gasteiger partial charge in [0.2, 0.25) is 0 Å². The van der Waals surface area contributed by atoms with Gasteiger partial charge in [0, 0.05) is 34.8 Å². The molecule has 3 aromatic heterocycles. The Labute approximate surface area is 115 Å². The highest BCUT2D eigenvalue weighted by Crippen LogP contribution is 2.31. The van der Waals surface area contributed by atoms with E-state index in [9.17, 15) is 0 Å². The molecule has 98 valence electrons. The Morgan fingerprint density at radius 2 is 2.10 bits per heavy atom. The number of para-hydroxylation sites is 1. The molecule has 1 aromatic carbocycles. The van der Waals surface area contributed by atoms with Crippen LogP contribution in [0.3, 0.4) is 0 Å². The van der Waals surface area contributed by atoms with Crippen LogP contribution in [0.5, 0.6) is 0 Å². The molecule has 4 heteroatoms. The molecule has 0 amide bonds. The number of hydrogen-bond acceptors (Lipinski definition) is 3. The van der Waals surface area contributed by atoms with E-state index in [1.54, 1.807) is 12.6 Å². The molecule has 0 saturated heterocycles. The molecule has 0 atom stereocenters. The number of fused-ring (bicyclic) bond motifs is 2. The summed E-state index contributed by atoms with van der Waals surface area (Å²) in [5.74, 6) is 0. The standard InChI is InChI=1S/C16H13N3O/c17-7-12-6-13-5-11(8-19(13)10-18-12)15-9-20-16-4-2-1-3-14(15)16/h1-6,8-10H,7,17H2. The molecule has 4 nitrogen and oxygen atoms in total. The van der Waals surface area contributed by atoms with E-state index in [0.29, 0.717) is 6.54 Å². The first-order valence-corrected chi connectivity index (χ1v) is 6.48. The average Bonchev–Trinajstić information content (AvgIpc) is 3.09. The largest absolute Gasteiger partial charge is 0.464 e. The summed E-state index contributed by atoms with van der Waals surface area (Å²) in [6.07, 6.45) is 5.65. The zero-order valence-electron chi connectivity index (χ0n) is 10.8. The highest BCUT2D eigenvalue weighted by molar-refractivity contribution is 5.94. The minimum absolute atomic E-state index is 0.450. The summed E-state index contributed by atoms with van der Waals surface area (Å²) in [5.41, 5.74) is 10.7. The number of rotatable bonds is 2. The summed E-state index contributed by atoms with van der Waals surface area (Å²) in [6, 6.07) is 12.2. The first kappa shape index (κ1) is 11.3. The van der Waals surface area contributed by atoms with Gasteiger partial charge in [0.25, 0.3) is 0 Å². The second-order valence-electron chi connectivity index (χ2n) is 4.79. The molecule has 0 aliphatic heterocycles. The van der Waals surface area contributed by atoms with Gasteiger partial charge in [-0.3, -0.25) is 0 Å². The SMILES string of the molecule is NCc1cc2cc(-c3coc4ccccc34)cn2cn1. The van der Waals surface area contributed by atoms with E-state index in [1.807, 2.05) is 28.7 Å². The van der Waals surface area contributed by atoms with Crippen molar-refractivity contribution >= 4 is 16.5 Å². The molecular weight excluding hydrogens is 250 g/mol.